The van der Waals surface area contributed by atoms with Crippen molar-refractivity contribution >= 4 is 11.0 Å². The van der Waals surface area contributed by atoms with Crippen molar-refractivity contribution in [2.75, 3.05) is 0 Å². The van der Waals surface area contributed by atoms with Gasteiger partial charge in [0, 0.05) is 17.8 Å². The van der Waals surface area contributed by atoms with E-state index in [2.05, 4.69) is 10.1 Å². The van der Waals surface area contributed by atoms with Gasteiger partial charge in [-0.2, -0.15) is 5.10 Å². The smallest absolute Gasteiger partial charge is 0.332 e. The lowest BCUT2D eigenvalue weighted by atomic mass is 9.93. The number of para-hydroxylation sites is 1. The van der Waals surface area contributed by atoms with Crippen LogP contribution in [0.3, 0.4) is 0 Å². The normalized spacial score (nSPS) is 14.9. The molecule has 2 aromatic carbocycles. The summed E-state index contributed by atoms with van der Waals surface area (Å²) in [5.41, 5.74) is 4.15. The first-order valence-electron chi connectivity index (χ1n) is 11.7. The van der Waals surface area contributed by atoms with Gasteiger partial charge in [0.05, 0.1) is 29.1 Å². The van der Waals surface area contributed by atoms with Gasteiger partial charge in [-0.25, -0.2) is 9.48 Å². The van der Waals surface area contributed by atoms with Gasteiger partial charge in [0.1, 0.15) is 5.52 Å². The van der Waals surface area contributed by atoms with Gasteiger partial charge in [0.15, 0.2) is 0 Å². The fourth-order valence-electron chi connectivity index (χ4n) is 4.78. The van der Waals surface area contributed by atoms with E-state index in [-0.39, 0.29) is 23.3 Å². The minimum atomic E-state index is -0.247. The molecule has 1 unspecified atom stereocenters. The summed E-state index contributed by atoms with van der Waals surface area (Å²) in [4.78, 5) is 30.5. The Morgan fingerprint density at radius 3 is 2.38 bits per heavy atom. The average Bonchev–Trinajstić information content (AvgIpc) is 3.50. The van der Waals surface area contributed by atoms with E-state index in [0.29, 0.717) is 11.0 Å². The minimum Gasteiger partial charge on any atom is -0.349 e. The molecular formula is C27H25N5O2. The highest BCUT2D eigenvalue weighted by molar-refractivity contribution is 5.82. The van der Waals surface area contributed by atoms with E-state index >= 15 is 0 Å². The van der Waals surface area contributed by atoms with Crippen molar-refractivity contribution in [3.05, 3.63) is 106 Å². The van der Waals surface area contributed by atoms with Gasteiger partial charge in [-0.15, -0.1) is 0 Å². The van der Waals surface area contributed by atoms with E-state index < -0.39 is 0 Å². The second kappa shape index (κ2) is 8.02. The van der Waals surface area contributed by atoms with Crippen LogP contribution in [0.25, 0.3) is 28.0 Å². The molecule has 7 nitrogen and oxygen atoms in total. The third kappa shape index (κ3) is 3.23. The summed E-state index contributed by atoms with van der Waals surface area (Å²) in [6.07, 6.45) is 6.45. The maximum atomic E-state index is 13.7. The number of aromatic amines is 1. The lowest BCUT2D eigenvalue weighted by Gasteiger charge is -2.28. The van der Waals surface area contributed by atoms with Gasteiger partial charge in [-0.3, -0.25) is 13.9 Å². The second-order valence-corrected chi connectivity index (χ2v) is 8.95. The fraction of sp³-hybridized carbons (Fsp3) is 0.222. The Kier molecular flexibility index (Phi) is 4.83. The molecule has 1 saturated carbocycles. The van der Waals surface area contributed by atoms with E-state index in [0.717, 1.165) is 41.8 Å². The third-order valence-electron chi connectivity index (χ3n) is 6.92. The lowest BCUT2D eigenvalue weighted by Crippen LogP contribution is -2.44. The van der Waals surface area contributed by atoms with Crippen LogP contribution >= 0.6 is 0 Å². The molecular weight excluding hydrogens is 426 g/mol. The van der Waals surface area contributed by atoms with E-state index in [4.69, 9.17) is 0 Å². The van der Waals surface area contributed by atoms with Crippen molar-refractivity contribution in [1.82, 2.24) is 23.9 Å². The summed E-state index contributed by atoms with van der Waals surface area (Å²) in [5, 5.41) is 4.49. The number of nitrogens with zero attached hydrogens (tertiary/aromatic N) is 4. The van der Waals surface area contributed by atoms with Crippen molar-refractivity contribution in [3.63, 3.8) is 0 Å². The SMILES string of the molecule is CC(c1ccccc1)n1c(=O)n(C2CCC2)c(=O)c2[nH]c(-c3cnn(-c4ccccc4)c3)cc21. The highest BCUT2D eigenvalue weighted by atomic mass is 16.2. The van der Waals surface area contributed by atoms with Gasteiger partial charge in [-0.05, 0) is 49.9 Å². The Morgan fingerprint density at radius 1 is 1.00 bits per heavy atom. The molecule has 5 aromatic rings. The number of nitrogens with one attached hydrogen (secondary N) is 1. The molecule has 0 bridgehead atoms. The molecule has 1 atom stereocenters. The van der Waals surface area contributed by atoms with Gasteiger partial charge < -0.3 is 4.98 Å². The maximum Gasteiger partial charge on any atom is 0.332 e. The van der Waals surface area contributed by atoms with Gasteiger partial charge in [-0.1, -0.05) is 48.5 Å². The van der Waals surface area contributed by atoms with E-state index in [1.54, 1.807) is 15.4 Å². The molecule has 0 aliphatic heterocycles. The van der Waals surface area contributed by atoms with Crippen LogP contribution in [0.2, 0.25) is 0 Å². The van der Waals surface area contributed by atoms with Gasteiger partial charge >= 0.3 is 5.69 Å². The van der Waals surface area contributed by atoms with Crippen LogP contribution in [-0.2, 0) is 0 Å². The molecule has 1 N–H and O–H groups in total. The van der Waals surface area contributed by atoms with Crippen LogP contribution in [0.5, 0.6) is 0 Å². The predicted molar refractivity (Wildman–Crippen MR) is 133 cm³/mol. The van der Waals surface area contributed by atoms with Crippen molar-refractivity contribution in [2.45, 2.75) is 38.3 Å². The van der Waals surface area contributed by atoms with Crippen molar-refractivity contribution in [1.29, 1.82) is 0 Å². The fourth-order valence-corrected chi connectivity index (χ4v) is 4.78. The Balaban J connectivity index is 1.55. The second-order valence-electron chi connectivity index (χ2n) is 8.95. The molecule has 1 fully saturated rings. The van der Waals surface area contributed by atoms with Crippen molar-refractivity contribution in [3.8, 4) is 16.9 Å². The topological polar surface area (TPSA) is 77.6 Å². The van der Waals surface area contributed by atoms with Crippen LogP contribution in [0.4, 0.5) is 0 Å². The molecule has 34 heavy (non-hydrogen) atoms. The first-order valence-corrected chi connectivity index (χ1v) is 11.7. The van der Waals surface area contributed by atoms with Crippen molar-refractivity contribution in [2.24, 2.45) is 0 Å². The van der Waals surface area contributed by atoms with Crippen molar-refractivity contribution < 1.29 is 0 Å². The number of hydrogen-bond donors (Lipinski definition) is 1. The number of hydrogen-bond acceptors (Lipinski definition) is 3. The molecule has 1 aliphatic carbocycles. The van der Waals surface area contributed by atoms with Gasteiger partial charge in [0.2, 0.25) is 0 Å². The molecule has 0 spiro atoms. The first kappa shape index (κ1) is 20.5. The molecule has 7 heteroatoms. The molecule has 0 saturated heterocycles. The van der Waals surface area contributed by atoms with Crippen LogP contribution < -0.4 is 11.2 Å². The van der Waals surface area contributed by atoms with Crippen LogP contribution in [0.1, 0.15) is 43.8 Å². The summed E-state index contributed by atoms with van der Waals surface area (Å²) in [7, 11) is 0. The van der Waals surface area contributed by atoms with E-state index in [1.165, 1.54) is 4.57 Å². The first-order chi connectivity index (χ1) is 16.6. The number of fused-ring (bicyclic) bond motifs is 1. The molecule has 0 radical (unpaired) electrons. The minimum absolute atomic E-state index is 0.0359. The van der Waals surface area contributed by atoms with Crippen LogP contribution in [-0.4, -0.2) is 23.9 Å². The standard InChI is InChI=1S/C27H25N5O2/c1-18(19-9-4-2-5-10-19)31-24-15-23(20-16-28-30(17-20)21-11-6-3-7-12-21)29-25(24)26(33)32(27(31)34)22-13-8-14-22/h2-7,9-12,15-18,22,29H,8,13-14H2,1H3. The Morgan fingerprint density at radius 2 is 1.71 bits per heavy atom. The third-order valence-corrected chi connectivity index (χ3v) is 6.92. The summed E-state index contributed by atoms with van der Waals surface area (Å²) in [5.74, 6) is 0. The Bertz CT molecular complexity index is 1590. The Hall–Kier alpha value is -4.13. The molecule has 3 aromatic heterocycles. The number of rotatable bonds is 5. The summed E-state index contributed by atoms with van der Waals surface area (Å²) in [6.45, 7) is 2.01. The average molecular weight is 452 g/mol. The summed E-state index contributed by atoms with van der Waals surface area (Å²) in [6, 6.07) is 21.4. The highest BCUT2D eigenvalue weighted by Crippen LogP contribution is 2.31. The summed E-state index contributed by atoms with van der Waals surface area (Å²) < 4.78 is 5.01. The molecule has 0 amide bonds. The zero-order valence-corrected chi connectivity index (χ0v) is 18.9. The number of aromatic nitrogens is 5. The summed E-state index contributed by atoms with van der Waals surface area (Å²) >= 11 is 0. The largest absolute Gasteiger partial charge is 0.349 e. The quantitative estimate of drug-likeness (QED) is 0.422. The monoisotopic (exact) mass is 451 g/mol. The van der Waals surface area contributed by atoms with E-state index in [9.17, 15) is 9.59 Å². The van der Waals surface area contributed by atoms with E-state index in [1.807, 2.05) is 79.9 Å². The highest BCUT2D eigenvalue weighted by Gasteiger charge is 2.28. The van der Waals surface area contributed by atoms with Crippen LogP contribution in [0, 0.1) is 0 Å². The lowest BCUT2D eigenvalue weighted by molar-refractivity contribution is 0.291. The molecule has 170 valence electrons. The zero-order valence-electron chi connectivity index (χ0n) is 18.9. The zero-order chi connectivity index (χ0) is 23.2. The van der Waals surface area contributed by atoms with Gasteiger partial charge in [0.25, 0.3) is 5.56 Å². The number of H-pyrrole nitrogens is 1. The van der Waals surface area contributed by atoms with Crippen LogP contribution in [0.15, 0.2) is 88.7 Å². The molecule has 6 rings (SSSR count). The molecule has 3 heterocycles. The maximum absolute atomic E-state index is 13.7. The molecule has 1 aliphatic rings. The Labute approximate surface area is 195 Å². The number of benzene rings is 2. The predicted octanol–water partition coefficient (Wildman–Crippen LogP) is 4.68.